The number of nitrogens with one attached hydrogen (secondary N) is 2. The summed E-state index contributed by atoms with van der Waals surface area (Å²) in [4.78, 5) is 33.7. The quantitative estimate of drug-likeness (QED) is 0.712. The number of para-hydroxylation sites is 1. The molecule has 0 spiro atoms. The first kappa shape index (κ1) is 13.7. The van der Waals surface area contributed by atoms with Gasteiger partial charge in [0.2, 0.25) is 11.8 Å². The molecule has 0 bridgehead atoms. The lowest BCUT2D eigenvalue weighted by Crippen LogP contribution is -2.40. The van der Waals surface area contributed by atoms with E-state index in [1.165, 1.54) is 13.0 Å². The Labute approximate surface area is 105 Å². The van der Waals surface area contributed by atoms with Crippen LogP contribution in [-0.4, -0.2) is 23.8 Å². The molecule has 1 aromatic carbocycles. The van der Waals surface area contributed by atoms with E-state index >= 15 is 0 Å². The smallest absolute Gasteiger partial charge is 0.250 e. The summed E-state index contributed by atoms with van der Waals surface area (Å²) < 4.78 is 0. The van der Waals surface area contributed by atoms with Crippen LogP contribution in [0.3, 0.4) is 0 Å². The Morgan fingerprint density at radius 1 is 1.22 bits per heavy atom. The second kappa shape index (κ2) is 5.81. The Kier molecular flexibility index (Phi) is 4.42. The van der Waals surface area contributed by atoms with Crippen molar-refractivity contribution in [3.63, 3.8) is 0 Å². The number of nitrogens with two attached hydrogens (primary N) is 1. The van der Waals surface area contributed by atoms with Crippen LogP contribution in [0.5, 0.6) is 0 Å². The van der Waals surface area contributed by atoms with Gasteiger partial charge in [-0.15, -0.1) is 0 Å². The number of hydrogen-bond donors (Lipinski definition) is 3. The molecule has 0 aliphatic heterocycles. The van der Waals surface area contributed by atoms with Crippen molar-refractivity contribution in [2.24, 2.45) is 5.73 Å². The van der Waals surface area contributed by atoms with E-state index in [1.54, 1.807) is 25.1 Å². The van der Waals surface area contributed by atoms with E-state index in [0.717, 1.165) is 0 Å². The van der Waals surface area contributed by atoms with Gasteiger partial charge in [-0.2, -0.15) is 0 Å². The van der Waals surface area contributed by atoms with E-state index in [1.807, 2.05) is 0 Å². The summed E-state index contributed by atoms with van der Waals surface area (Å²) in [5.41, 5.74) is 5.74. The lowest BCUT2D eigenvalue weighted by molar-refractivity contribution is -0.124. The second-order valence-corrected chi connectivity index (χ2v) is 3.82. The van der Waals surface area contributed by atoms with Gasteiger partial charge in [0, 0.05) is 6.92 Å². The molecule has 0 saturated carbocycles. The summed E-state index contributed by atoms with van der Waals surface area (Å²) in [5.74, 6) is -1.35. The summed E-state index contributed by atoms with van der Waals surface area (Å²) in [6.07, 6.45) is 0. The summed E-state index contributed by atoms with van der Waals surface area (Å²) in [7, 11) is 0. The average molecular weight is 249 g/mol. The third-order valence-electron chi connectivity index (χ3n) is 2.26. The standard InChI is InChI=1S/C12H15N3O3/c1-7(14-8(2)16)12(18)15-10-6-4-3-5-9(10)11(13)17/h3-7H,1-2H3,(H2,13,17)(H,14,16)(H,15,18). The van der Waals surface area contributed by atoms with E-state index in [2.05, 4.69) is 10.6 Å². The van der Waals surface area contributed by atoms with Gasteiger partial charge in [0.05, 0.1) is 11.3 Å². The summed E-state index contributed by atoms with van der Waals surface area (Å²) in [5, 5.41) is 4.99. The molecule has 0 aliphatic rings. The summed E-state index contributed by atoms with van der Waals surface area (Å²) in [6.45, 7) is 2.87. The fourth-order valence-corrected chi connectivity index (χ4v) is 1.42. The molecule has 1 aromatic rings. The molecule has 1 unspecified atom stereocenters. The zero-order valence-corrected chi connectivity index (χ0v) is 10.2. The SMILES string of the molecule is CC(=O)NC(C)C(=O)Nc1ccccc1C(N)=O. The zero-order valence-electron chi connectivity index (χ0n) is 10.2. The summed E-state index contributed by atoms with van der Waals surface area (Å²) >= 11 is 0. The maximum atomic E-state index is 11.7. The molecule has 1 rings (SSSR count). The Bertz CT molecular complexity index is 485. The highest BCUT2D eigenvalue weighted by Crippen LogP contribution is 2.14. The third kappa shape index (κ3) is 3.58. The number of primary amides is 1. The van der Waals surface area contributed by atoms with Crippen LogP contribution >= 0.6 is 0 Å². The number of anilines is 1. The van der Waals surface area contributed by atoms with Gasteiger partial charge in [-0.25, -0.2) is 0 Å². The van der Waals surface area contributed by atoms with Crippen LogP contribution in [0.2, 0.25) is 0 Å². The third-order valence-corrected chi connectivity index (χ3v) is 2.26. The van der Waals surface area contributed by atoms with Crippen molar-refractivity contribution in [3.8, 4) is 0 Å². The number of carbonyl (C=O) groups excluding carboxylic acids is 3. The van der Waals surface area contributed by atoms with Crippen molar-refractivity contribution in [2.45, 2.75) is 19.9 Å². The van der Waals surface area contributed by atoms with E-state index in [9.17, 15) is 14.4 Å². The van der Waals surface area contributed by atoms with Gasteiger partial charge < -0.3 is 16.4 Å². The van der Waals surface area contributed by atoms with Crippen molar-refractivity contribution in [1.29, 1.82) is 0 Å². The molecule has 0 aliphatic carbocycles. The van der Waals surface area contributed by atoms with Gasteiger partial charge in [-0.1, -0.05) is 12.1 Å². The molecular formula is C12H15N3O3. The molecule has 3 amide bonds. The van der Waals surface area contributed by atoms with Gasteiger partial charge in [0.15, 0.2) is 0 Å². The molecule has 18 heavy (non-hydrogen) atoms. The Morgan fingerprint density at radius 3 is 2.39 bits per heavy atom. The zero-order chi connectivity index (χ0) is 13.7. The van der Waals surface area contributed by atoms with Crippen LogP contribution in [-0.2, 0) is 9.59 Å². The van der Waals surface area contributed by atoms with Gasteiger partial charge in [0.1, 0.15) is 6.04 Å². The largest absolute Gasteiger partial charge is 0.366 e. The topological polar surface area (TPSA) is 101 Å². The maximum Gasteiger partial charge on any atom is 0.250 e. The first-order chi connectivity index (χ1) is 8.41. The minimum Gasteiger partial charge on any atom is -0.366 e. The van der Waals surface area contributed by atoms with Crippen LogP contribution in [0.4, 0.5) is 5.69 Å². The molecule has 0 saturated heterocycles. The van der Waals surface area contributed by atoms with E-state index in [4.69, 9.17) is 5.73 Å². The Hall–Kier alpha value is -2.37. The Morgan fingerprint density at radius 2 is 1.83 bits per heavy atom. The van der Waals surface area contributed by atoms with Crippen LogP contribution in [0, 0.1) is 0 Å². The van der Waals surface area contributed by atoms with Crippen molar-refractivity contribution >= 4 is 23.4 Å². The number of rotatable bonds is 4. The fourth-order valence-electron chi connectivity index (χ4n) is 1.42. The highest BCUT2D eigenvalue weighted by Gasteiger charge is 2.16. The number of amides is 3. The first-order valence-corrected chi connectivity index (χ1v) is 5.38. The predicted octanol–water partition coefficient (Wildman–Crippen LogP) is 0.249. The average Bonchev–Trinajstić information content (AvgIpc) is 2.28. The maximum absolute atomic E-state index is 11.7. The van der Waals surface area contributed by atoms with Gasteiger partial charge >= 0.3 is 0 Å². The van der Waals surface area contributed by atoms with Crippen LogP contribution in [0.1, 0.15) is 24.2 Å². The number of benzene rings is 1. The van der Waals surface area contributed by atoms with Crippen molar-refractivity contribution in [1.82, 2.24) is 5.32 Å². The minimum atomic E-state index is -0.691. The lowest BCUT2D eigenvalue weighted by atomic mass is 10.1. The number of carbonyl (C=O) groups is 3. The minimum absolute atomic E-state index is 0.223. The summed E-state index contributed by atoms with van der Waals surface area (Å²) in [6, 6.07) is 5.71. The van der Waals surface area contributed by atoms with E-state index < -0.39 is 17.9 Å². The fraction of sp³-hybridized carbons (Fsp3) is 0.250. The normalized spacial score (nSPS) is 11.4. The molecule has 6 heteroatoms. The lowest BCUT2D eigenvalue weighted by Gasteiger charge is -2.14. The van der Waals surface area contributed by atoms with Gasteiger partial charge in [0.25, 0.3) is 5.91 Å². The molecule has 0 fully saturated rings. The Balaban J connectivity index is 2.82. The molecule has 0 aromatic heterocycles. The molecule has 0 heterocycles. The highest BCUT2D eigenvalue weighted by atomic mass is 16.2. The van der Waals surface area contributed by atoms with Crippen molar-refractivity contribution in [3.05, 3.63) is 29.8 Å². The second-order valence-electron chi connectivity index (χ2n) is 3.82. The monoisotopic (exact) mass is 249 g/mol. The molecule has 4 N–H and O–H groups in total. The van der Waals surface area contributed by atoms with Gasteiger partial charge in [-0.3, -0.25) is 14.4 Å². The van der Waals surface area contributed by atoms with Crippen LogP contribution < -0.4 is 16.4 Å². The number of hydrogen-bond acceptors (Lipinski definition) is 3. The van der Waals surface area contributed by atoms with Crippen LogP contribution in [0.15, 0.2) is 24.3 Å². The van der Waals surface area contributed by atoms with E-state index in [-0.39, 0.29) is 11.5 Å². The van der Waals surface area contributed by atoms with E-state index in [0.29, 0.717) is 5.69 Å². The van der Waals surface area contributed by atoms with Crippen LogP contribution in [0.25, 0.3) is 0 Å². The van der Waals surface area contributed by atoms with Crippen molar-refractivity contribution in [2.75, 3.05) is 5.32 Å². The molecule has 1 atom stereocenters. The van der Waals surface area contributed by atoms with Crippen molar-refractivity contribution < 1.29 is 14.4 Å². The molecule has 96 valence electrons. The van der Waals surface area contributed by atoms with Gasteiger partial charge in [-0.05, 0) is 19.1 Å². The first-order valence-electron chi connectivity index (χ1n) is 5.38. The predicted molar refractivity (Wildman–Crippen MR) is 66.9 cm³/mol. The highest BCUT2D eigenvalue weighted by molar-refractivity contribution is 6.04. The molecule has 0 radical (unpaired) electrons. The molecule has 6 nitrogen and oxygen atoms in total. The molecular weight excluding hydrogens is 234 g/mol.